The van der Waals surface area contributed by atoms with E-state index in [4.69, 9.17) is 11.6 Å². The fraction of sp³-hybridized carbons (Fsp3) is 0.300. The van der Waals surface area contributed by atoms with Gasteiger partial charge in [-0.3, -0.25) is 4.79 Å². The van der Waals surface area contributed by atoms with Gasteiger partial charge < -0.3 is 5.32 Å². The Balaban J connectivity index is 2.39. The van der Waals surface area contributed by atoms with Crippen LogP contribution in [-0.4, -0.2) is 12.5 Å². The standard InChI is InChI=1S/C10H8ClF2NO/c11-6-2-7(12)10(8(13)3-6)5-1-9(15)14-4-5/h2-3,5H,1,4H2,(H,14,15)/t5-/m0/s1. The first-order chi connectivity index (χ1) is 7.08. The van der Waals surface area contributed by atoms with Gasteiger partial charge in [0.1, 0.15) is 11.6 Å². The maximum Gasteiger partial charge on any atom is 0.220 e. The van der Waals surface area contributed by atoms with Gasteiger partial charge in [0.2, 0.25) is 5.91 Å². The van der Waals surface area contributed by atoms with E-state index in [9.17, 15) is 13.6 Å². The van der Waals surface area contributed by atoms with Crippen molar-refractivity contribution in [1.29, 1.82) is 0 Å². The smallest absolute Gasteiger partial charge is 0.220 e. The van der Waals surface area contributed by atoms with Crippen molar-refractivity contribution in [2.24, 2.45) is 0 Å². The van der Waals surface area contributed by atoms with E-state index in [0.717, 1.165) is 12.1 Å². The lowest BCUT2D eigenvalue weighted by Crippen LogP contribution is -2.14. The molecule has 1 N–H and O–H groups in total. The van der Waals surface area contributed by atoms with E-state index >= 15 is 0 Å². The third-order valence-electron chi connectivity index (χ3n) is 2.43. The lowest BCUT2D eigenvalue weighted by atomic mass is 9.97. The topological polar surface area (TPSA) is 29.1 Å². The van der Waals surface area contributed by atoms with Crippen molar-refractivity contribution >= 4 is 17.5 Å². The Labute approximate surface area is 90.2 Å². The molecule has 15 heavy (non-hydrogen) atoms. The molecule has 80 valence electrons. The zero-order valence-electron chi connectivity index (χ0n) is 7.69. The minimum atomic E-state index is -0.693. The predicted molar refractivity (Wildman–Crippen MR) is 51.7 cm³/mol. The van der Waals surface area contributed by atoms with Crippen LogP contribution >= 0.6 is 11.6 Å². The van der Waals surface area contributed by atoms with Crippen LogP contribution in [0.2, 0.25) is 5.02 Å². The average molecular weight is 232 g/mol. The number of halogens is 3. The summed E-state index contributed by atoms with van der Waals surface area (Å²) in [7, 11) is 0. The summed E-state index contributed by atoms with van der Waals surface area (Å²) in [5.74, 6) is -2.01. The quantitative estimate of drug-likeness (QED) is 0.789. The Kier molecular flexibility index (Phi) is 2.61. The van der Waals surface area contributed by atoms with Gasteiger partial charge in [-0.15, -0.1) is 0 Å². The van der Waals surface area contributed by atoms with E-state index in [1.165, 1.54) is 0 Å². The second kappa shape index (κ2) is 3.77. The molecule has 0 unspecified atom stereocenters. The van der Waals surface area contributed by atoms with Crippen molar-refractivity contribution in [3.05, 3.63) is 34.4 Å². The first-order valence-electron chi connectivity index (χ1n) is 4.49. The number of hydrogen-bond acceptors (Lipinski definition) is 1. The highest BCUT2D eigenvalue weighted by molar-refractivity contribution is 6.30. The molecule has 0 spiro atoms. The van der Waals surface area contributed by atoms with Crippen LogP contribution in [0, 0.1) is 11.6 Å². The minimum Gasteiger partial charge on any atom is -0.355 e. The van der Waals surface area contributed by atoms with Crippen LogP contribution in [0.5, 0.6) is 0 Å². The summed E-state index contributed by atoms with van der Waals surface area (Å²) in [5, 5.41) is 2.55. The number of benzene rings is 1. The fourth-order valence-electron chi connectivity index (χ4n) is 1.75. The highest BCUT2D eigenvalue weighted by Crippen LogP contribution is 2.29. The lowest BCUT2D eigenvalue weighted by Gasteiger charge is -2.10. The molecule has 2 rings (SSSR count). The largest absolute Gasteiger partial charge is 0.355 e. The van der Waals surface area contributed by atoms with Gasteiger partial charge in [-0.25, -0.2) is 8.78 Å². The highest BCUT2D eigenvalue weighted by Gasteiger charge is 2.28. The number of carbonyl (C=O) groups excluding carboxylic acids is 1. The molecule has 1 saturated heterocycles. The molecule has 0 saturated carbocycles. The molecule has 1 atom stereocenters. The Bertz CT molecular complexity index is 399. The van der Waals surface area contributed by atoms with E-state index in [0.29, 0.717) is 0 Å². The third-order valence-corrected chi connectivity index (χ3v) is 2.65. The summed E-state index contributed by atoms with van der Waals surface area (Å²) in [5.41, 5.74) is -0.0576. The molecule has 1 amide bonds. The molecule has 1 aliphatic heterocycles. The molecule has 1 aliphatic rings. The van der Waals surface area contributed by atoms with Crippen LogP contribution < -0.4 is 5.32 Å². The van der Waals surface area contributed by atoms with Crippen LogP contribution in [0.3, 0.4) is 0 Å². The van der Waals surface area contributed by atoms with Gasteiger partial charge in [-0.1, -0.05) is 11.6 Å². The maximum atomic E-state index is 13.4. The molecule has 1 heterocycles. The van der Waals surface area contributed by atoms with Gasteiger partial charge in [-0.05, 0) is 12.1 Å². The number of amides is 1. The van der Waals surface area contributed by atoms with Gasteiger partial charge >= 0.3 is 0 Å². The van der Waals surface area contributed by atoms with Gasteiger partial charge in [-0.2, -0.15) is 0 Å². The predicted octanol–water partition coefficient (Wildman–Crippen LogP) is 2.22. The van der Waals surface area contributed by atoms with Crippen molar-refractivity contribution in [1.82, 2.24) is 5.32 Å². The van der Waals surface area contributed by atoms with E-state index in [-0.39, 0.29) is 29.5 Å². The Morgan fingerprint density at radius 3 is 2.40 bits per heavy atom. The van der Waals surface area contributed by atoms with Crippen molar-refractivity contribution < 1.29 is 13.6 Å². The van der Waals surface area contributed by atoms with E-state index in [1.807, 2.05) is 0 Å². The van der Waals surface area contributed by atoms with E-state index in [2.05, 4.69) is 5.32 Å². The molecule has 1 fully saturated rings. The summed E-state index contributed by atoms with van der Waals surface area (Å²) in [4.78, 5) is 10.9. The summed E-state index contributed by atoms with van der Waals surface area (Å²) in [6.07, 6.45) is 0.121. The number of rotatable bonds is 1. The van der Waals surface area contributed by atoms with Gasteiger partial charge in [0, 0.05) is 29.5 Å². The summed E-state index contributed by atoms with van der Waals surface area (Å²) in [6, 6.07) is 2.12. The van der Waals surface area contributed by atoms with E-state index < -0.39 is 17.6 Å². The molecule has 2 nitrogen and oxygen atoms in total. The lowest BCUT2D eigenvalue weighted by molar-refractivity contribution is -0.119. The van der Waals surface area contributed by atoms with Crippen LogP contribution in [0.15, 0.2) is 12.1 Å². The van der Waals surface area contributed by atoms with Gasteiger partial charge in [0.05, 0.1) is 0 Å². The van der Waals surface area contributed by atoms with E-state index in [1.54, 1.807) is 0 Å². The zero-order valence-corrected chi connectivity index (χ0v) is 8.44. The normalized spacial score (nSPS) is 20.5. The highest BCUT2D eigenvalue weighted by atomic mass is 35.5. The van der Waals surface area contributed by atoms with Gasteiger partial charge in [0.15, 0.2) is 0 Å². The Morgan fingerprint density at radius 1 is 1.33 bits per heavy atom. The SMILES string of the molecule is O=C1C[C@H](c2c(F)cc(Cl)cc2F)CN1. The van der Waals surface area contributed by atoms with Crippen molar-refractivity contribution in [2.75, 3.05) is 6.54 Å². The maximum absolute atomic E-state index is 13.4. The van der Waals surface area contributed by atoms with Crippen molar-refractivity contribution in [3.63, 3.8) is 0 Å². The summed E-state index contributed by atoms with van der Waals surface area (Å²) in [6.45, 7) is 0.272. The molecular formula is C10H8ClF2NO. The first kappa shape index (κ1) is 10.4. The van der Waals surface area contributed by atoms with Crippen LogP contribution in [-0.2, 0) is 4.79 Å². The van der Waals surface area contributed by atoms with Crippen LogP contribution in [0.25, 0.3) is 0 Å². The van der Waals surface area contributed by atoms with Crippen LogP contribution in [0.1, 0.15) is 17.9 Å². The van der Waals surface area contributed by atoms with Gasteiger partial charge in [0.25, 0.3) is 0 Å². The molecule has 0 radical (unpaired) electrons. The molecule has 5 heteroatoms. The molecule has 1 aromatic carbocycles. The number of carbonyl (C=O) groups is 1. The molecule has 0 bridgehead atoms. The molecule has 1 aromatic rings. The third kappa shape index (κ3) is 1.95. The fourth-order valence-corrected chi connectivity index (χ4v) is 1.94. The molecule has 0 aromatic heterocycles. The average Bonchev–Trinajstić information content (AvgIpc) is 2.49. The number of hydrogen-bond donors (Lipinski definition) is 1. The summed E-state index contributed by atoms with van der Waals surface area (Å²) < 4.78 is 26.9. The zero-order chi connectivity index (χ0) is 11.0. The molecule has 0 aliphatic carbocycles. The number of nitrogens with one attached hydrogen (secondary N) is 1. The minimum absolute atomic E-state index is 0.0195. The Morgan fingerprint density at radius 2 is 1.93 bits per heavy atom. The van der Waals surface area contributed by atoms with Crippen LogP contribution in [0.4, 0.5) is 8.78 Å². The molecular weight excluding hydrogens is 224 g/mol. The van der Waals surface area contributed by atoms with Crippen molar-refractivity contribution in [2.45, 2.75) is 12.3 Å². The first-order valence-corrected chi connectivity index (χ1v) is 4.87. The second-order valence-electron chi connectivity index (χ2n) is 3.49. The Hall–Kier alpha value is -1.16. The summed E-state index contributed by atoms with van der Waals surface area (Å²) >= 11 is 5.50. The second-order valence-corrected chi connectivity index (χ2v) is 3.92. The monoisotopic (exact) mass is 231 g/mol. The van der Waals surface area contributed by atoms with Crippen molar-refractivity contribution in [3.8, 4) is 0 Å².